The van der Waals surface area contributed by atoms with Gasteiger partial charge in [-0.3, -0.25) is 0 Å². The van der Waals surface area contributed by atoms with E-state index in [0.29, 0.717) is 6.07 Å². The van der Waals surface area contributed by atoms with Gasteiger partial charge in [0.15, 0.2) is 12.4 Å². The number of aryl methyl sites for hydroxylation is 1. The van der Waals surface area contributed by atoms with Crippen LogP contribution in [-0.2, 0) is 19.8 Å². The predicted molar refractivity (Wildman–Crippen MR) is 64.3 cm³/mol. The number of nitrogens with zero attached hydrogens (tertiary/aromatic N) is 5. The van der Waals surface area contributed by atoms with Crippen LogP contribution < -0.4 is 4.74 Å². The van der Waals surface area contributed by atoms with Gasteiger partial charge in [-0.1, -0.05) is 11.6 Å². The number of halogens is 4. The molecule has 0 aromatic carbocycles. The zero-order valence-corrected chi connectivity index (χ0v) is 11.6. The van der Waals surface area contributed by atoms with E-state index in [9.17, 15) is 18.0 Å². The number of aromatic nitrogens is 5. The van der Waals surface area contributed by atoms with Crippen LogP contribution in [0.3, 0.4) is 0 Å². The zero-order chi connectivity index (χ0) is 16.5. The minimum atomic E-state index is -4.80. The lowest BCUT2D eigenvalue weighted by Gasteiger charge is -2.12. The normalized spacial score (nSPS) is 11.5. The molecule has 2 aromatic rings. The van der Waals surface area contributed by atoms with Gasteiger partial charge in [0.05, 0.1) is 5.02 Å². The molecule has 0 aliphatic carbocycles. The minimum absolute atomic E-state index is 0.159. The molecule has 2 rings (SSSR count). The van der Waals surface area contributed by atoms with Crippen molar-refractivity contribution in [1.82, 2.24) is 25.2 Å². The van der Waals surface area contributed by atoms with Crippen LogP contribution in [0.15, 0.2) is 6.07 Å². The number of alkyl halides is 3. The summed E-state index contributed by atoms with van der Waals surface area (Å²) in [4.78, 5) is 14.3. The number of pyridine rings is 1. The molecule has 0 fully saturated rings. The monoisotopic (exact) mass is 337 g/mol. The van der Waals surface area contributed by atoms with Crippen molar-refractivity contribution >= 4 is 17.6 Å². The van der Waals surface area contributed by atoms with E-state index in [2.05, 4.69) is 20.5 Å². The summed E-state index contributed by atoms with van der Waals surface area (Å²) in [6, 6.07) is 0.418. The molecular weight excluding hydrogens is 331 g/mol. The van der Waals surface area contributed by atoms with Gasteiger partial charge in [0.1, 0.15) is 11.3 Å². The van der Waals surface area contributed by atoms with Crippen molar-refractivity contribution in [1.29, 1.82) is 0 Å². The molecule has 0 aliphatic heterocycles. The van der Waals surface area contributed by atoms with Crippen molar-refractivity contribution in [3.05, 3.63) is 28.2 Å². The average Bonchev–Trinajstić information content (AvgIpc) is 2.79. The van der Waals surface area contributed by atoms with Crippen LogP contribution in [-0.4, -0.2) is 36.3 Å². The number of hydrogen-bond donors (Lipinski definition) is 1. The third-order valence-electron chi connectivity index (χ3n) is 2.49. The van der Waals surface area contributed by atoms with E-state index in [1.165, 1.54) is 11.7 Å². The van der Waals surface area contributed by atoms with E-state index < -0.39 is 34.3 Å². The molecular formula is C10H7ClF3N5O3. The minimum Gasteiger partial charge on any atom is -0.477 e. The molecule has 22 heavy (non-hydrogen) atoms. The highest BCUT2D eigenvalue weighted by Crippen LogP contribution is 2.34. The molecule has 118 valence electrons. The van der Waals surface area contributed by atoms with Crippen LogP contribution in [0.5, 0.6) is 5.88 Å². The van der Waals surface area contributed by atoms with Gasteiger partial charge in [0, 0.05) is 7.05 Å². The van der Waals surface area contributed by atoms with Crippen LogP contribution in [0.25, 0.3) is 0 Å². The van der Waals surface area contributed by atoms with Gasteiger partial charge in [0.25, 0.3) is 0 Å². The number of aromatic carboxylic acids is 1. The Labute approximate surface area is 125 Å². The standard InChI is InChI=1S/C10H7ClF3N5O3/c1-19-6(16-17-18-19)3-22-8-7(9(20)21)4(11)2-5(15-8)10(12,13)14/h2H,3H2,1H3,(H,20,21). The second-order valence-electron chi connectivity index (χ2n) is 3.98. The number of ether oxygens (including phenoxy) is 1. The lowest BCUT2D eigenvalue weighted by atomic mass is 10.2. The Bertz CT molecular complexity index is 718. The number of carboxylic acid groups (broad SMARTS) is 1. The molecule has 1 N–H and O–H groups in total. The fourth-order valence-electron chi connectivity index (χ4n) is 1.44. The summed E-state index contributed by atoms with van der Waals surface area (Å²) in [6.45, 7) is -0.381. The Hall–Kier alpha value is -2.43. The highest BCUT2D eigenvalue weighted by molar-refractivity contribution is 6.33. The van der Waals surface area contributed by atoms with Gasteiger partial charge in [0.2, 0.25) is 5.88 Å². The molecule has 0 unspecified atom stereocenters. The van der Waals surface area contributed by atoms with Crippen molar-refractivity contribution in [2.75, 3.05) is 0 Å². The molecule has 8 nitrogen and oxygen atoms in total. The highest BCUT2D eigenvalue weighted by atomic mass is 35.5. The van der Waals surface area contributed by atoms with E-state index in [1.54, 1.807) is 0 Å². The smallest absolute Gasteiger partial charge is 0.433 e. The molecule has 2 aromatic heterocycles. The molecule has 12 heteroatoms. The first-order chi connectivity index (χ1) is 10.2. The van der Waals surface area contributed by atoms with Crippen molar-refractivity contribution in [2.24, 2.45) is 7.05 Å². The number of hydrogen-bond acceptors (Lipinski definition) is 6. The largest absolute Gasteiger partial charge is 0.477 e. The fourth-order valence-corrected chi connectivity index (χ4v) is 1.70. The third-order valence-corrected chi connectivity index (χ3v) is 2.79. The third kappa shape index (κ3) is 3.24. The summed E-state index contributed by atoms with van der Waals surface area (Å²) in [7, 11) is 1.48. The SMILES string of the molecule is Cn1nnnc1COc1nc(C(F)(F)F)cc(Cl)c1C(=O)O. The molecule has 0 aliphatic rings. The second-order valence-corrected chi connectivity index (χ2v) is 4.39. The van der Waals surface area contributed by atoms with Crippen molar-refractivity contribution in [2.45, 2.75) is 12.8 Å². The maximum Gasteiger partial charge on any atom is 0.433 e. The van der Waals surface area contributed by atoms with Crippen LogP contribution >= 0.6 is 11.6 Å². The van der Waals surface area contributed by atoms with Crippen LogP contribution in [0, 0.1) is 0 Å². The fraction of sp³-hybridized carbons (Fsp3) is 0.300. The van der Waals surface area contributed by atoms with Gasteiger partial charge in [-0.2, -0.15) is 13.2 Å². The first kappa shape index (κ1) is 15.9. The Morgan fingerprint density at radius 2 is 2.18 bits per heavy atom. The predicted octanol–water partition coefficient (Wildman–Crippen LogP) is 1.55. The summed E-state index contributed by atoms with van der Waals surface area (Å²) in [5.41, 5.74) is -2.04. The Kier molecular flexibility index (Phi) is 4.17. The Morgan fingerprint density at radius 3 is 2.68 bits per heavy atom. The van der Waals surface area contributed by atoms with Gasteiger partial charge in [-0.15, -0.1) is 5.10 Å². The first-order valence-corrected chi connectivity index (χ1v) is 5.93. The molecule has 2 heterocycles. The number of carboxylic acids is 1. The first-order valence-electron chi connectivity index (χ1n) is 5.55. The van der Waals surface area contributed by atoms with E-state index in [-0.39, 0.29) is 12.4 Å². The molecule has 0 bridgehead atoms. The van der Waals surface area contributed by atoms with E-state index in [4.69, 9.17) is 21.4 Å². The quantitative estimate of drug-likeness (QED) is 0.902. The van der Waals surface area contributed by atoms with Crippen molar-refractivity contribution in [3.63, 3.8) is 0 Å². The Morgan fingerprint density at radius 1 is 1.50 bits per heavy atom. The Balaban J connectivity index is 2.40. The van der Waals surface area contributed by atoms with Gasteiger partial charge in [-0.25, -0.2) is 14.5 Å². The molecule has 0 radical (unpaired) electrons. The summed E-state index contributed by atoms with van der Waals surface area (Å²) in [6.07, 6.45) is -4.80. The summed E-state index contributed by atoms with van der Waals surface area (Å²) >= 11 is 5.58. The van der Waals surface area contributed by atoms with E-state index in [1.807, 2.05) is 0 Å². The molecule has 0 spiro atoms. The van der Waals surface area contributed by atoms with E-state index >= 15 is 0 Å². The number of tetrazole rings is 1. The summed E-state index contributed by atoms with van der Waals surface area (Å²) in [5, 5.41) is 18.7. The number of rotatable bonds is 4. The van der Waals surface area contributed by atoms with Crippen LogP contribution in [0.4, 0.5) is 13.2 Å². The summed E-state index contributed by atoms with van der Waals surface area (Å²) < 4.78 is 44.3. The maximum atomic E-state index is 12.7. The highest BCUT2D eigenvalue weighted by Gasteiger charge is 2.35. The molecule has 0 amide bonds. The summed E-state index contributed by atoms with van der Waals surface area (Å²) in [5.74, 6) is -2.18. The number of carbonyl (C=O) groups is 1. The topological polar surface area (TPSA) is 103 Å². The maximum absolute atomic E-state index is 12.7. The van der Waals surface area contributed by atoms with Gasteiger partial charge >= 0.3 is 12.1 Å². The molecule has 0 saturated heterocycles. The molecule has 0 saturated carbocycles. The zero-order valence-electron chi connectivity index (χ0n) is 10.8. The van der Waals surface area contributed by atoms with Gasteiger partial charge in [-0.05, 0) is 16.5 Å². The van der Waals surface area contributed by atoms with Gasteiger partial charge < -0.3 is 9.84 Å². The lowest BCUT2D eigenvalue weighted by molar-refractivity contribution is -0.141. The average molecular weight is 338 g/mol. The lowest BCUT2D eigenvalue weighted by Crippen LogP contribution is -2.14. The second kappa shape index (κ2) is 5.75. The van der Waals surface area contributed by atoms with E-state index in [0.717, 1.165) is 0 Å². The molecule has 0 atom stereocenters. The van der Waals surface area contributed by atoms with Crippen molar-refractivity contribution in [3.8, 4) is 5.88 Å². The van der Waals surface area contributed by atoms with Crippen LogP contribution in [0.2, 0.25) is 5.02 Å². The van der Waals surface area contributed by atoms with Crippen molar-refractivity contribution < 1.29 is 27.8 Å². The van der Waals surface area contributed by atoms with Crippen LogP contribution in [0.1, 0.15) is 21.9 Å².